The third kappa shape index (κ3) is 8.28. The van der Waals surface area contributed by atoms with E-state index < -0.39 is 5.96 Å². The van der Waals surface area contributed by atoms with Crippen molar-refractivity contribution < 1.29 is 0 Å². The van der Waals surface area contributed by atoms with Gasteiger partial charge in [0.2, 0.25) is 0 Å². The fourth-order valence-corrected chi connectivity index (χ4v) is 6.25. The molecule has 0 aliphatic rings. The molecule has 0 N–H and O–H groups in total. The van der Waals surface area contributed by atoms with Crippen molar-refractivity contribution in [3.63, 3.8) is 0 Å². The summed E-state index contributed by atoms with van der Waals surface area (Å²) in [6, 6.07) is 10.7. The number of benzene rings is 1. The first-order chi connectivity index (χ1) is 9.41. The molecule has 0 heterocycles. The average molecular weight is 315 g/mol. The third-order valence-electron chi connectivity index (χ3n) is 3.96. The number of rotatable bonds is 10. The van der Waals surface area contributed by atoms with E-state index >= 15 is 0 Å². The minimum absolute atomic E-state index is 1.07. The van der Waals surface area contributed by atoms with Gasteiger partial charge >= 0.3 is 131 Å². The van der Waals surface area contributed by atoms with Crippen LogP contribution in [0.1, 0.15) is 57.4 Å². The van der Waals surface area contributed by atoms with Gasteiger partial charge in [-0.15, -0.1) is 0 Å². The molecule has 2 heteroatoms. The Morgan fingerprint density at radius 3 is 2.00 bits per heavy atom. The molecule has 1 aromatic carbocycles. The van der Waals surface area contributed by atoms with Gasteiger partial charge in [-0.3, -0.25) is 0 Å². The van der Waals surface area contributed by atoms with E-state index in [0.29, 0.717) is 0 Å². The van der Waals surface area contributed by atoms with Crippen LogP contribution in [0.3, 0.4) is 0 Å². The summed E-state index contributed by atoms with van der Waals surface area (Å²) in [6.45, 7) is 6.93. The fraction of sp³-hybridized carbons (Fsp3) is 0.667. The Labute approximate surface area is 131 Å². The predicted molar refractivity (Wildman–Crippen MR) is 97.6 cm³/mol. The van der Waals surface area contributed by atoms with Crippen LogP contribution in [0.2, 0.25) is 0 Å². The van der Waals surface area contributed by atoms with E-state index in [1.807, 2.05) is 0 Å². The monoisotopic (exact) mass is 314 g/mol. The predicted octanol–water partition coefficient (Wildman–Crippen LogP) is 6.90. The maximum atomic E-state index is 7.02. The molecule has 1 aromatic rings. The van der Waals surface area contributed by atoms with E-state index in [9.17, 15) is 0 Å². The molecule has 1 rings (SSSR count). The fourth-order valence-electron chi connectivity index (χ4n) is 2.78. The van der Waals surface area contributed by atoms with E-state index in [2.05, 4.69) is 50.6 Å². The number of unbranched alkanes of at least 4 members (excludes halogenated alkanes) is 6. The van der Waals surface area contributed by atoms with Crippen LogP contribution in [0.15, 0.2) is 30.3 Å². The normalized spacial score (nSPS) is 13.9. The van der Waals surface area contributed by atoms with Gasteiger partial charge < -0.3 is 0 Å². The van der Waals surface area contributed by atoms with Gasteiger partial charge in [0.1, 0.15) is 0 Å². The van der Waals surface area contributed by atoms with E-state index in [1.165, 1.54) is 56.7 Å². The molecule has 0 spiro atoms. The van der Waals surface area contributed by atoms with E-state index in [0.717, 1.165) is 6.16 Å². The van der Waals surface area contributed by atoms with Gasteiger partial charge in [-0.1, -0.05) is 0 Å². The van der Waals surface area contributed by atoms with Gasteiger partial charge in [-0.05, 0) is 0 Å². The first-order valence-corrected chi connectivity index (χ1v) is 12.6. The molecular weight excluding hydrogens is 283 g/mol. The molecule has 116 valence electrons. The summed E-state index contributed by atoms with van der Waals surface area (Å²) in [5.41, 5.74) is 1.40. The van der Waals surface area contributed by atoms with Gasteiger partial charge in [0.25, 0.3) is 0 Å². The molecular formula is C18H32ClP. The molecule has 0 bridgehead atoms. The third-order valence-corrected chi connectivity index (χ3v) is 7.87. The van der Waals surface area contributed by atoms with E-state index in [4.69, 9.17) is 11.2 Å². The number of hydrogen-bond donors (Lipinski definition) is 0. The van der Waals surface area contributed by atoms with Gasteiger partial charge in [-0.2, -0.15) is 0 Å². The molecule has 0 amide bonds. The second-order valence-corrected chi connectivity index (χ2v) is 16.3. The number of hydrogen-bond acceptors (Lipinski definition) is 0. The Bertz CT molecular complexity index is 364. The average Bonchev–Trinajstić information content (AvgIpc) is 2.37. The van der Waals surface area contributed by atoms with Crippen LogP contribution in [0.25, 0.3) is 0 Å². The van der Waals surface area contributed by atoms with Crippen LogP contribution < -0.4 is 0 Å². The van der Waals surface area contributed by atoms with Crippen molar-refractivity contribution in [3.8, 4) is 0 Å². The van der Waals surface area contributed by atoms with Crippen LogP contribution in [0.4, 0.5) is 0 Å². The summed E-state index contributed by atoms with van der Waals surface area (Å²) in [5, 5.41) is 0. The first-order valence-electron chi connectivity index (χ1n) is 8.17. The van der Waals surface area contributed by atoms with Crippen molar-refractivity contribution in [2.24, 2.45) is 0 Å². The second kappa shape index (κ2) is 8.40. The second-order valence-electron chi connectivity index (χ2n) is 7.00. The molecule has 0 aromatic heterocycles. The van der Waals surface area contributed by atoms with Crippen LogP contribution >= 0.6 is 17.2 Å². The van der Waals surface area contributed by atoms with Gasteiger partial charge in [0.15, 0.2) is 0 Å². The Balaban J connectivity index is 2.28. The molecule has 0 saturated carbocycles. The molecule has 0 aliphatic heterocycles. The van der Waals surface area contributed by atoms with Crippen LogP contribution in [-0.2, 0) is 6.16 Å². The molecule has 0 fully saturated rings. The van der Waals surface area contributed by atoms with Gasteiger partial charge in [0, 0.05) is 0 Å². The van der Waals surface area contributed by atoms with E-state index in [-0.39, 0.29) is 0 Å². The summed E-state index contributed by atoms with van der Waals surface area (Å²) in [4.78, 5) is 0. The Morgan fingerprint density at radius 1 is 0.850 bits per heavy atom. The SMILES string of the molecule is CCCCCCCCCP(C)(C)(Cl)Cc1ccccc1. The molecule has 0 unspecified atom stereocenters. The van der Waals surface area contributed by atoms with Gasteiger partial charge in [0.05, 0.1) is 0 Å². The van der Waals surface area contributed by atoms with Crippen molar-refractivity contribution in [1.82, 2.24) is 0 Å². The summed E-state index contributed by atoms with van der Waals surface area (Å²) >= 11 is 7.02. The van der Waals surface area contributed by atoms with Crippen molar-refractivity contribution in [2.75, 3.05) is 19.5 Å². The van der Waals surface area contributed by atoms with E-state index in [1.54, 1.807) is 0 Å². The Kier molecular flexibility index (Phi) is 7.56. The zero-order chi connectivity index (χ0) is 14.9. The van der Waals surface area contributed by atoms with Crippen molar-refractivity contribution in [3.05, 3.63) is 35.9 Å². The first kappa shape index (κ1) is 18.0. The van der Waals surface area contributed by atoms with Crippen molar-refractivity contribution in [1.29, 1.82) is 0 Å². The molecule has 0 nitrogen and oxygen atoms in total. The molecule has 0 atom stereocenters. The Hall–Kier alpha value is -0.0600. The standard InChI is InChI=1S/C18H32ClP/c1-4-5-6-7-8-9-13-16-20(2,3,19)17-18-14-11-10-12-15-18/h10-12,14-15H,4-9,13,16-17H2,1-3H3. The Morgan fingerprint density at radius 2 is 1.40 bits per heavy atom. The molecule has 0 aliphatic carbocycles. The zero-order valence-electron chi connectivity index (χ0n) is 13.6. The summed E-state index contributed by atoms with van der Waals surface area (Å²) in [6.07, 6.45) is 11.9. The molecule has 0 radical (unpaired) electrons. The molecule has 20 heavy (non-hydrogen) atoms. The maximum absolute atomic E-state index is 7.02. The quantitative estimate of drug-likeness (QED) is 0.325. The molecule has 0 saturated heterocycles. The summed E-state index contributed by atoms with van der Waals surface area (Å²) in [7, 11) is 0. The van der Waals surface area contributed by atoms with Crippen LogP contribution in [0, 0.1) is 0 Å². The van der Waals surface area contributed by atoms with Gasteiger partial charge in [-0.25, -0.2) is 0 Å². The zero-order valence-corrected chi connectivity index (χ0v) is 15.2. The number of halogens is 1. The summed E-state index contributed by atoms with van der Waals surface area (Å²) in [5.74, 6) is -2.02. The van der Waals surface area contributed by atoms with Crippen molar-refractivity contribution >= 4 is 17.2 Å². The topological polar surface area (TPSA) is 0 Å². The van der Waals surface area contributed by atoms with Crippen LogP contribution in [-0.4, -0.2) is 19.5 Å². The van der Waals surface area contributed by atoms with Crippen molar-refractivity contribution in [2.45, 2.75) is 58.0 Å². The minimum atomic E-state index is -2.02. The van der Waals surface area contributed by atoms with Crippen LogP contribution in [0.5, 0.6) is 0 Å². The summed E-state index contributed by atoms with van der Waals surface area (Å²) < 4.78 is 0.